The number of phenolic OH excluding ortho intramolecular Hbond substituents is 1. The minimum Gasteiger partial charge on any atom is -0.507 e. The molecule has 0 fully saturated rings. The van der Waals surface area contributed by atoms with Crippen molar-refractivity contribution < 1.29 is 9.50 Å². The zero-order valence-corrected chi connectivity index (χ0v) is 12.8. The van der Waals surface area contributed by atoms with Crippen molar-refractivity contribution in [1.82, 2.24) is 10.2 Å². The van der Waals surface area contributed by atoms with E-state index in [9.17, 15) is 9.50 Å². The zero-order valence-electron chi connectivity index (χ0n) is 12.0. The highest BCUT2D eigenvalue weighted by molar-refractivity contribution is 6.17. The fourth-order valence-corrected chi connectivity index (χ4v) is 2.54. The summed E-state index contributed by atoms with van der Waals surface area (Å²) in [5.74, 6) is -0.211. The highest BCUT2D eigenvalue weighted by Crippen LogP contribution is 2.33. The number of nitrogens with zero attached hydrogens (tertiary/aromatic N) is 2. The van der Waals surface area contributed by atoms with Crippen LogP contribution in [0.4, 0.5) is 10.2 Å². The maximum absolute atomic E-state index is 14.5. The summed E-state index contributed by atoms with van der Waals surface area (Å²) < 4.78 is 14.5. The summed E-state index contributed by atoms with van der Waals surface area (Å²) in [6.45, 7) is 0. The molecule has 0 bridgehead atoms. The molecule has 0 amide bonds. The molecule has 0 unspecified atom stereocenters. The first-order chi connectivity index (χ1) is 11.1. The molecule has 0 saturated heterocycles. The minimum atomic E-state index is -0.439. The van der Waals surface area contributed by atoms with Gasteiger partial charge in [0.25, 0.3) is 0 Å². The number of hydrogen-bond donors (Lipinski definition) is 2. The summed E-state index contributed by atoms with van der Waals surface area (Å²) in [6.07, 6.45) is 0. The third-order valence-corrected chi connectivity index (χ3v) is 3.80. The van der Waals surface area contributed by atoms with Gasteiger partial charge in [0, 0.05) is 22.3 Å². The first-order valence-corrected chi connectivity index (χ1v) is 7.40. The summed E-state index contributed by atoms with van der Waals surface area (Å²) in [5, 5.41) is 17.8. The van der Waals surface area contributed by atoms with E-state index in [2.05, 4.69) is 10.2 Å². The first kappa shape index (κ1) is 15.2. The number of anilines is 1. The van der Waals surface area contributed by atoms with Gasteiger partial charge in [-0.25, -0.2) is 4.39 Å². The molecule has 4 nitrogen and oxygen atoms in total. The van der Waals surface area contributed by atoms with Gasteiger partial charge in [-0.3, -0.25) is 0 Å². The predicted octanol–water partition coefficient (Wildman–Crippen LogP) is 3.98. The molecular weight excluding hydrogens is 317 g/mol. The van der Waals surface area contributed by atoms with Crippen molar-refractivity contribution in [3.8, 4) is 28.1 Å². The Kier molecular flexibility index (Phi) is 4.12. The normalized spacial score (nSPS) is 10.7. The number of phenols is 1. The van der Waals surface area contributed by atoms with E-state index < -0.39 is 5.82 Å². The Balaban J connectivity index is 2.18. The monoisotopic (exact) mass is 329 g/mol. The first-order valence-electron chi connectivity index (χ1n) is 6.87. The van der Waals surface area contributed by atoms with Crippen LogP contribution in [-0.4, -0.2) is 15.3 Å². The van der Waals surface area contributed by atoms with E-state index in [1.165, 1.54) is 0 Å². The highest BCUT2D eigenvalue weighted by atomic mass is 35.5. The van der Waals surface area contributed by atoms with Crippen molar-refractivity contribution in [2.24, 2.45) is 0 Å². The molecule has 3 N–H and O–H groups in total. The van der Waals surface area contributed by atoms with Crippen molar-refractivity contribution >= 4 is 17.4 Å². The maximum atomic E-state index is 14.5. The minimum absolute atomic E-state index is 0.0599. The van der Waals surface area contributed by atoms with Crippen LogP contribution in [0.1, 0.15) is 5.56 Å². The number of hydrogen-bond acceptors (Lipinski definition) is 4. The van der Waals surface area contributed by atoms with Crippen LogP contribution in [0.2, 0.25) is 0 Å². The number of para-hydroxylation sites is 1. The fraction of sp³-hybridized carbons (Fsp3) is 0.0588. The number of aromatic nitrogens is 2. The van der Waals surface area contributed by atoms with Crippen LogP contribution in [0, 0.1) is 5.82 Å². The van der Waals surface area contributed by atoms with Crippen molar-refractivity contribution in [2.45, 2.75) is 5.88 Å². The Labute approximate surface area is 137 Å². The number of benzene rings is 2. The summed E-state index contributed by atoms with van der Waals surface area (Å²) in [5.41, 5.74) is 7.85. The van der Waals surface area contributed by atoms with Gasteiger partial charge >= 0.3 is 0 Å². The van der Waals surface area contributed by atoms with Crippen molar-refractivity contribution in [1.29, 1.82) is 0 Å². The van der Waals surface area contributed by atoms with Crippen molar-refractivity contribution in [2.75, 3.05) is 5.73 Å². The lowest BCUT2D eigenvalue weighted by molar-refractivity contribution is 0.477. The van der Waals surface area contributed by atoms with Crippen LogP contribution < -0.4 is 5.73 Å². The van der Waals surface area contributed by atoms with E-state index in [-0.39, 0.29) is 17.4 Å². The van der Waals surface area contributed by atoms with E-state index in [1.807, 2.05) is 0 Å². The molecule has 2 aromatic carbocycles. The summed E-state index contributed by atoms with van der Waals surface area (Å²) in [4.78, 5) is 0. The smallest absolute Gasteiger partial charge is 0.154 e. The van der Waals surface area contributed by atoms with Crippen LogP contribution in [0.3, 0.4) is 0 Å². The third-order valence-electron chi connectivity index (χ3n) is 3.52. The third kappa shape index (κ3) is 2.83. The standard InChI is InChI=1S/C17H13ClFN3O/c18-9-10-4-3-6-11(16(10)19)13-8-14(21-22-17(13)20)12-5-1-2-7-15(12)23/h1-8,23H,9H2,(H2,20,22). The molecule has 23 heavy (non-hydrogen) atoms. The highest BCUT2D eigenvalue weighted by Gasteiger charge is 2.15. The average molecular weight is 330 g/mol. The lowest BCUT2D eigenvalue weighted by Gasteiger charge is -2.10. The molecule has 1 heterocycles. The van der Waals surface area contributed by atoms with Crippen LogP contribution in [-0.2, 0) is 5.88 Å². The van der Waals surface area contributed by atoms with E-state index >= 15 is 0 Å². The SMILES string of the molecule is Nc1nnc(-c2ccccc2O)cc1-c1cccc(CCl)c1F. The number of aromatic hydroxyl groups is 1. The van der Waals surface area contributed by atoms with Gasteiger partial charge in [-0.05, 0) is 18.2 Å². The van der Waals surface area contributed by atoms with Gasteiger partial charge in [-0.1, -0.05) is 30.3 Å². The number of nitrogen functional groups attached to an aromatic ring is 1. The largest absolute Gasteiger partial charge is 0.507 e. The summed E-state index contributed by atoms with van der Waals surface area (Å²) in [6, 6.07) is 13.2. The number of nitrogens with two attached hydrogens (primary N) is 1. The lowest BCUT2D eigenvalue weighted by Crippen LogP contribution is -2.01. The van der Waals surface area contributed by atoms with Crippen molar-refractivity contribution in [3.05, 3.63) is 59.9 Å². The molecule has 3 aromatic rings. The molecule has 0 aliphatic carbocycles. The average Bonchev–Trinajstić information content (AvgIpc) is 2.56. The van der Waals surface area contributed by atoms with Gasteiger partial charge in [-0.15, -0.1) is 21.8 Å². The van der Waals surface area contributed by atoms with Gasteiger partial charge in [-0.2, -0.15) is 0 Å². The van der Waals surface area contributed by atoms with Crippen LogP contribution in [0.25, 0.3) is 22.4 Å². The van der Waals surface area contributed by atoms with E-state index in [4.69, 9.17) is 17.3 Å². The zero-order chi connectivity index (χ0) is 16.4. The molecule has 6 heteroatoms. The molecule has 0 spiro atoms. The second-order valence-electron chi connectivity index (χ2n) is 4.96. The van der Waals surface area contributed by atoms with E-state index in [0.717, 1.165) is 0 Å². The maximum Gasteiger partial charge on any atom is 0.154 e. The predicted molar refractivity (Wildman–Crippen MR) is 88.5 cm³/mol. The van der Waals surface area contributed by atoms with Crippen molar-refractivity contribution in [3.63, 3.8) is 0 Å². The number of rotatable bonds is 3. The Hall–Kier alpha value is -2.66. The van der Waals surface area contributed by atoms with Crippen LogP contribution in [0.5, 0.6) is 5.75 Å². The number of alkyl halides is 1. The second kappa shape index (κ2) is 6.22. The Morgan fingerprint density at radius 1 is 1.00 bits per heavy atom. The van der Waals surface area contributed by atoms with Gasteiger partial charge < -0.3 is 10.8 Å². The van der Waals surface area contributed by atoms with Gasteiger partial charge in [0.1, 0.15) is 11.6 Å². The van der Waals surface area contributed by atoms with Gasteiger partial charge in [0.05, 0.1) is 11.6 Å². The Bertz CT molecular complexity index is 870. The summed E-state index contributed by atoms with van der Waals surface area (Å²) in [7, 11) is 0. The molecule has 0 aliphatic rings. The van der Waals surface area contributed by atoms with Crippen LogP contribution >= 0.6 is 11.6 Å². The number of halogens is 2. The van der Waals surface area contributed by atoms with Crippen LogP contribution in [0.15, 0.2) is 48.5 Å². The molecule has 1 aromatic heterocycles. The van der Waals surface area contributed by atoms with Gasteiger partial charge in [0.15, 0.2) is 5.82 Å². The lowest BCUT2D eigenvalue weighted by atomic mass is 10.0. The van der Waals surface area contributed by atoms with E-state index in [0.29, 0.717) is 27.9 Å². The quantitative estimate of drug-likeness (QED) is 0.713. The molecule has 0 atom stereocenters. The fourth-order valence-electron chi connectivity index (χ4n) is 2.33. The molecule has 0 saturated carbocycles. The molecule has 3 rings (SSSR count). The molecule has 0 aliphatic heterocycles. The Morgan fingerprint density at radius 3 is 2.48 bits per heavy atom. The summed E-state index contributed by atoms with van der Waals surface area (Å²) >= 11 is 5.75. The molecule has 0 radical (unpaired) electrons. The Morgan fingerprint density at radius 2 is 1.74 bits per heavy atom. The second-order valence-corrected chi connectivity index (χ2v) is 5.23. The topological polar surface area (TPSA) is 72.0 Å². The van der Waals surface area contributed by atoms with Gasteiger partial charge in [0.2, 0.25) is 0 Å². The molecule has 116 valence electrons. The van der Waals surface area contributed by atoms with E-state index in [1.54, 1.807) is 48.5 Å². The molecular formula is C17H13ClFN3O.